The molecule has 19 heavy (non-hydrogen) atoms. The molecule has 3 atom stereocenters. The molecule has 1 aliphatic heterocycles. The lowest BCUT2D eigenvalue weighted by Gasteiger charge is -2.16. The van der Waals surface area contributed by atoms with Gasteiger partial charge in [-0.3, -0.25) is 14.3 Å². The second-order valence-electron chi connectivity index (χ2n) is 4.31. The van der Waals surface area contributed by atoms with Crippen molar-refractivity contribution in [2.75, 3.05) is 6.61 Å². The van der Waals surface area contributed by atoms with Gasteiger partial charge in [-0.1, -0.05) is 0 Å². The third-order valence-electron chi connectivity index (χ3n) is 3.04. The van der Waals surface area contributed by atoms with E-state index in [1.807, 2.05) is 0 Å². The van der Waals surface area contributed by atoms with Crippen molar-refractivity contribution >= 4 is 21.0 Å². The molecular weight excluding hydrogens is 284 g/mol. The molecule has 0 bridgehead atoms. The molecule has 1 fully saturated rings. The number of ether oxygens (including phenoxy) is 1. The van der Waals surface area contributed by atoms with E-state index in [0.717, 1.165) is 0 Å². The lowest BCUT2D eigenvalue weighted by atomic mass is 10.2. The molecule has 1 N–H and O–H groups in total. The summed E-state index contributed by atoms with van der Waals surface area (Å²) in [4.78, 5) is 25.3. The van der Waals surface area contributed by atoms with Gasteiger partial charge in [0.25, 0.3) is 5.56 Å². The number of rotatable bonds is 4. The van der Waals surface area contributed by atoms with Crippen LogP contribution in [0.25, 0.3) is 0 Å². The summed E-state index contributed by atoms with van der Waals surface area (Å²) in [5.74, 6) is 0. The first-order chi connectivity index (χ1) is 9.06. The van der Waals surface area contributed by atoms with Gasteiger partial charge in [0.2, 0.25) is 21.0 Å². The Hall–Kier alpha value is -1.01. The Morgan fingerprint density at radius 1 is 1.53 bits per heavy atom. The molecular formula is C10H12N2O5Si2. The minimum absolute atomic E-state index is 0.253. The third kappa shape index (κ3) is 2.95. The molecule has 1 saturated heterocycles. The topological polar surface area (TPSA) is 82.6 Å². The van der Waals surface area contributed by atoms with E-state index in [1.165, 1.54) is 10.8 Å². The van der Waals surface area contributed by atoms with E-state index >= 15 is 0 Å². The SMILES string of the molecule is Cc1cn([C@H]2C[C@H](O[Si])[C@@H](CO[Si])O2)c(=O)[nH]c1=O. The molecule has 1 aliphatic rings. The molecule has 0 aliphatic carbocycles. The number of hydrogen-bond acceptors (Lipinski definition) is 5. The smallest absolute Gasteiger partial charge is 0.330 e. The van der Waals surface area contributed by atoms with Crippen molar-refractivity contribution in [1.29, 1.82) is 0 Å². The summed E-state index contributed by atoms with van der Waals surface area (Å²) in [6, 6.07) is 0. The fourth-order valence-electron chi connectivity index (χ4n) is 2.03. The van der Waals surface area contributed by atoms with Crippen LogP contribution in [0.4, 0.5) is 0 Å². The fourth-order valence-corrected chi connectivity index (χ4v) is 2.44. The summed E-state index contributed by atoms with van der Waals surface area (Å²) in [5.41, 5.74) is -0.459. The summed E-state index contributed by atoms with van der Waals surface area (Å²) in [6.07, 6.45) is 0.871. The summed E-state index contributed by atoms with van der Waals surface area (Å²) in [7, 11) is 5.89. The quantitative estimate of drug-likeness (QED) is 0.699. The second kappa shape index (κ2) is 5.97. The first-order valence-electron chi connectivity index (χ1n) is 5.65. The van der Waals surface area contributed by atoms with Gasteiger partial charge in [-0.05, 0) is 6.92 Å². The number of hydrogen-bond donors (Lipinski definition) is 1. The van der Waals surface area contributed by atoms with Crippen molar-refractivity contribution in [1.82, 2.24) is 9.55 Å². The van der Waals surface area contributed by atoms with Gasteiger partial charge in [0.1, 0.15) is 12.3 Å². The van der Waals surface area contributed by atoms with Gasteiger partial charge >= 0.3 is 5.69 Å². The van der Waals surface area contributed by atoms with E-state index in [1.54, 1.807) is 6.92 Å². The van der Waals surface area contributed by atoms with Gasteiger partial charge < -0.3 is 13.6 Å². The van der Waals surface area contributed by atoms with E-state index in [0.29, 0.717) is 12.0 Å². The molecule has 9 heteroatoms. The normalized spacial score (nSPS) is 26.8. The molecule has 100 valence electrons. The molecule has 0 amide bonds. The average Bonchev–Trinajstić information content (AvgIpc) is 2.77. The summed E-state index contributed by atoms with van der Waals surface area (Å²) in [6.45, 7) is 1.90. The molecule has 7 nitrogen and oxygen atoms in total. The van der Waals surface area contributed by atoms with Gasteiger partial charge in [0.15, 0.2) is 0 Å². The number of aryl methyl sites for hydroxylation is 1. The zero-order valence-corrected chi connectivity index (χ0v) is 12.2. The maximum atomic E-state index is 11.8. The van der Waals surface area contributed by atoms with Gasteiger partial charge in [-0.15, -0.1) is 0 Å². The van der Waals surface area contributed by atoms with Crippen molar-refractivity contribution in [2.24, 2.45) is 0 Å². The van der Waals surface area contributed by atoms with Crippen molar-refractivity contribution in [3.63, 3.8) is 0 Å². The van der Waals surface area contributed by atoms with Crippen LogP contribution in [0.3, 0.4) is 0 Å². The highest BCUT2D eigenvalue weighted by Gasteiger charge is 2.36. The Balaban J connectivity index is 2.27. The molecule has 1 aromatic rings. The molecule has 0 saturated carbocycles. The van der Waals surface area contributed by atoms with E-state index in [9.17, 15) is 9.59 Å². The summed E-state index contributed by atoms with van der Waals surface area (Å²) < 4.78 is 17.0. The minimum Gasteiger partial charge on any atom is -0.416 e. The van der Waals surface area contributed by atoms with Crippen LogP contribution in [-0.2, 0) is 13.6 Å². The monoisotopic (exact) mass is 296 g/mol. The van der Waals surface area contributed by atoms with E-state index in [4.69, 9.17) is 13.6 Å². The van der Waals surface area contributed by atoms with Crippen molar-refractivity contribution < 1.29 is 13.6 Å². The number of nitrogens with one attached hydrogen (secondary N) is 1. The van der Waals surface area contributed by atoms with Gasteiger partial charge in [0, 0.05) is 18.2 Å². The molecule has 0 spiro atoms. The Morgan fingerprint density at radius 3 is 2.89 bits per heavy atom. The second-order valence-corrected chi connectivity index (χ2v) is 4.84. The Kier molecular flexibility index (Phi) is 4.52. The number of nitrogens with zero attached hydrogens (tertiary/aromatic N) is 1. The lowest BCUT2D eigenvalue weighted by molar-refractivity contribution is -0.0353. The third-order valence-corrected chi connectivity index (χ3v) is 3.51. The number of H-pyrrole nitrogens is 1. The molecule has 0 unspecified atom stereocenters. The number of aromatic nitrogens is 2. The molecule has 2 rings (SSSR count). The summed E-state index contributed by atoms with van der Waals surface area (Å²) in [5, 5.41) is 0. The Bertz CT molecular complexity index is 558. The predicted octanol–water partition coefficient (Wildman–Crippen LogP) is -1.30. The maximum Gasteiger partial charge on any atom is 0.330 e. The summed E-state index contributed by atoms with van der Waals surface area (Å²) >= 11 is 0. The van der Waals surface area contributed by atoms with Crippen molar-refractivity contribution in [2.45, 2.75) is 31.8 Å². The van der Waals surface area contributed by atoms with E-state index < -0.39 is 17.5 Å². The fraction of sp³-hybridized carbons (Fsp3) is 0.600. The van der Waals surface area contributed by atoms with Crippen LogP contribution >= 0.6 is 0 Å². The van der Waals surface area contributed by atoms with Gasteiger partial charge in [-0.25, -0.2) is 4.79 Å². The van der Waals surface area contributed by atoms with Crippen LogP contribution < -0.4 is 11.2 Å². The van der Waals surface area contributed by atoms with Gasteiger partial charge in [-0.2, -0.15) is 0 Å². The molecule has 2 heterocycles. The molecule has 6 radical (unpaired) electrons. The van der Waals surface area contributed by atoms with E-state index in [2.05, 4.69) is 26.0 Å². The lowest BCUT2D eigenvalue weighted by Crippen LogP contribution is -2.33. The highest BCUT2D eigenvalue weighted by atomic mass is 28.2. The highest BCUT2D eigenvalue weighted by Crippen LogP contribution is 2.29. The first-order valence-corrected chi connectivity index (χ1v) is 6.47. The minimum atomic E-state index is -0.506. The Morgan fingerprint density at radius 2 is 2.26 bits per heavy atom. The largest absolute Gasteiger partial charge is 0.416 e. The van der Waals surface area contributed by atoms with E-state index in [-0.39, 0.29) is 18.8 Å². The van der Waals surface area contributed by atoms with Crippen LogP contribution in [0.15, 0.2) is 15.8 Å². The van der Waals surface area contributed by atoms with Crippen molar-refractivity contribution in [3.8, 4) is 0 Å². The van der Waals surface area contributed by atoms with Crippen LogP contribution in [0.1, 0.15) is 18.2 Å². The number of aromatic amines is 1. The standard InChI is InChI=1S/C10H12N2O5Si2/c1-5-3-12(10(14)11-9(5)13)8-2-6(17-19)7(16-8)4-15-18/h3,6-8H,2,4H2,1H3,(H,11,13,14)/t6-,7+,8+/m0/s1. The van der Waals surface area contributed by atoms with Crippen LogP contribution in [0.2, 0.25) is 0 Å². The first kappa shape index (κ1) is 14.4. The Labute approximate surface area is 116 Å². The van der Waals surface area contributed by atoms with Crippen LogP contribution in [0.5, 0.6) is 0 Å². The van der Waals surface area contributed by atoms with Crippen LogP contribution in [0, 0.1) is 6.92 Å². The average molecular weight is 296 g/mol. The predicted molar refractivity (Wildman–Crippen MR) is 66.9 cm³/mol. The molecule has 0 aromatic carbocycles. The highest BCUT2D eigenvalue weighted by molar-refractivity contribution is 5.98. The molecule has 1 aromatic heterocycles. The zero-order valence-electron chi connectivity index (χ0n) is 10.2. The van der Waals surface area contributed by atoms with Crippen LogP contribution in [-0.4, -0.2) is 49.3 Å². The maximum absolute atomic E-state index is 11.8. The van der Waals surface area contributed by atoms with Gasteiger partial charge in [0.05, 0.1) is 12.7 Å². The zero-order chi connectivity index (χ0) is 14.0. The van der Waals surface area contributed by atoms with Crippen molar-refractivity contribution in [3.05, 3.63) is 32.6 Å².